The van der Waals surface area contributed by atoms with Crippen molar-refractivity contribution in [2.45, 2.75) is 151 Å². The number of ether oxygens (including phenoxy) is 2. The molecule has 394 valence electrons. The van der Waals surface area contributed by atoms with Crippen LogP contribution in [-0.4, -0.2) is 170 Å². The van der Waals surface area contributed by atoms with Gasteiger partial charge in [0.1, 0.15) is 54.9 Å². The van der Waals surface area contributed by atoms with Crippen LogP contribution in [0.5, 0.6) is 0 Å². The van der Waals surface area contributed by atoms with Gasteiger partial charge in [-0.3, -0.25) is 38.6 Å². The average Bonchev–Trinajstić information content (AvgIpc) is 4.08. The first-order valence-corrected chi connectivity index (χ1v) is 25.4. The number of amides is 7. The van der Waals surface area contributed by atoms with E-state index < -0.39 is 97.1 Å². The second-order valence-electron chi connectivity index (χ2n) is 18.8. The number of imide groups is 1. The fraction of sp³-hybridized carbons (Fsp3) is 0.617. The number of hydrogen-bond donors (Lipinski definition) is 10. The Hall–Kier alpha value is -5.61. The van der Waals surface area contributed by atoms with Gasteiger partial charge in [0.25, 0.3) is 0 Å². The minimum Gasteiger partial charge on any atom is -0.445 e. The molecule has 5 heterocycles. The van der Waals surface area contributed by atoms with Crippen molar-refractivity contribution >= 4 is 86.8 Å². The first kappa shape index (κ1) is 55.7. The molecule has 3 aliphatic heterocycles. The van der Waals surface area contributed by atoms with Crippen molar-refractivity contribution in [1.29, 1.82) is 0 Å². The van der Waals surface area contributed by atoms with Crippen LogP contribution in [0, 0.1) is 11.8 Å². The van der Waals surface area contributed by atoms with E-state index in [1.807, 2.05) is 0 Å². The van der Waals surface area contributed by atoms with Crippen LogP contribution in [0.15, 0.2) is 36.9 Å². The molecule has 2 unspecified atom stereocenters. The summed E-state index contributed by atoms with van der Waals surface area (Å²) in [7, 11) is 0. The zero-order valence-electron chi connectivity index (χ0n) is 40.9. The number of fused-ring (bicyclic) bond motifs is 1. The number of aliphatic hydroxyl groups is 4. The van der Waals surface area contributed by atoms with Gasteiger partial charge < -0.3 is 61.5 Å². The molecule has 72 heavy (non-hydrogen) atoms. The van der Waals surface area contributed by atoms with Crippen LogP contribution >= 0.6 is 22.6 Å². The number of aromatic amines is 1. The van der Waals surface area contributed by atoms with Gasteiger partial charge in [-0.05, 0) is 49.8 Å². The van der Waals surface area contributed by atoms with Crippen molar-refractivity contribution < 1.29 is 63.5 Å². The summed E-state index contributed by atoms with van der Waals surface area (Å²) in [6.07, 6.45) is -1.11. The van der Waals surface area contributed by atoms with E-state index in [-0.39, 0.29) is 65.9 Å². The Morgan fingerprint density at radius 2 is 1.71 bits per heavy atom. The van der Waals surface area contributed by atoms with Gasteiger partial charge in [0.15, 0.2) is 17.7 Å². The van der Waals surface area contributed by atoms with Gasteiger partial charge >= 0.3 is 6.09 Å². The monoisotopic (exact) mass is 1120 g/mol. The maximum atomic E-state index is 13.6. The number of carbonyl (C=O) groups is 7. The van der Waals surface area contributed by atoms with Crippen LogP contribution in [0.3, 0.4) is 0 Å². The molecule has 7 amide bonds. The highest BCUT2D eigenvalue weighted by atomic mass is 127. The molecule has 3 fully saturated rings. The zero-order valence-corrected chi connectivity index (χ0v) is 43.0. The third-order valence-electron chi connectivity index (χ3n) is 13.3. The molecule has 24 nitrogen and oxygen atoms in total. The molecule has 3 saturated heterocycles. The van der Waals surface area contributed by atoms with Crippen molar-refractivity contribution in [2.24, 2.45) is 11.8 Å². The molecule has 3 aliphatic rings. The molecule has 1 aromatic carbocycles. The lowest BCUT2D eigenvalue weighted by Crippen LogP contribution is -2.67. The van der Waals surface area contributed by atoms with Gasteiger partial charge in [0.05, 0.1) is 31.0 Å². The molecule has 0 saturated carbocycles. The van der Waals surface area contributed by atoms with Gasteiger partial charge in [-0.15, -0.1) is 0 Å². The maximum absolute atomic E-state index is 13.6. The Morgan fingerprint density at radius 1 is 0.972 bits per heavy atom. The van der Waals surface area contributed by atoms with E-state index in [2.05, 4.69) is 83.0 Å². The SMILES string of the molecule is CCCCC(I)(CCC)C1CC(=O)N(CCC(=O)N[C@H](C(=O)N[C@@H](C)C(=O)Nc2ccc(COC(=O)N3CC[C@@H](O)[C@@H]3C(=O)N[C@@H]3[C@@H](O)[C@H](O)[C@@H](Nc4ncnc5nc[nH]c45)O[C@H]3CO)cc2)C(C)C)C1=O. The lowest BCUT2D eigenvalue weighted by atomic mass is 9.83. The average molecular weight is 1120 g/mol. The summed E-state index contributed by atoms with van der Waals surface area (Å²) in [5.41, 5.74) is 1.57. The smallest absolute Gasteiger partial charge is 0.410 e. The summed E-state index contributed by atoms with van der Waals surface area (Å²) in [5, 5.41) is 56.4. The van der Waals surface area contributed by atoms with Crippen LogP contribution in [0.4, 0.5) is 16.3 Å². The van der Waals surface area contributed by atoms with Crippen molar-refractivity contribution in [3.05, 3.63) is 42.5 Å². The second-order valence-corrected chi connectivity index (χ2v) is 20.9. The van der Waals surface area contributed by atoms with Gasteiger partial charge in [0.2, 0.25) is 35.4 Å². The van der Waals surface area contributed by atoms with E-state index in [9.17, 15) is 54.0 Å². The number of halogens is 1. The van der Waals surface area contributed by atoms with Crippen LogP contribution in [-0.2, 0) is 44.8 Å². The summed E-state index contributed by atoms with van der Waals surface area (Å²) in [6, 6.07) is 1.38. The van der Waals surface area contributed by atoms with Crippen molar-refractivity contribution in [3.8, 4) is 0 Å². The van der Waals surface area contributed by atoms with E-state index in [0.717, 1.165) is 41.9 Å². The highest BCUT2D eigenvalue weighted by Gasteiger charge is 2.50. The number of nitrogens with one attached hydrogen (secondary N) is 6. The molecular weight excluding hydrogens is 1050 g/mol. The highest BCUT2D eigenvalue weighted by Crippen LogP contribution is 2.44. The molecule has 2 aromatic heterocycles. The summed E-state index contributed by atoms with van der Waals surface area (Å²) < 4.78 is 11.0. The standard InChI is InChI=1S/C47H66IN11O13/c1-6-8-16-47(48,15-7-2)28-19-32(63)58(45(28)69)18-14-31(62)55-33(24(3)4)42(67)53-25(5)41(66)54-27-11-9-26(10-12-27)21-71-46(70)59-17-13-29(61)36(59)43(68)56-34-30(20-60)72-44(38(65)37(34)64)57-40-35-39(50-22-49-35)51-23-52-40/h9-12,22-25,28-30,33-34,36-38,44,60-61,64-65H,6-8,13-21H2,1-5H3,(H,53,67)(H,54,66)(H,55,62)(H,56,68)(H2,49,50,51,52,57)/t25-,28?,29+,30-,33-,34-,36+,37+,38-,44-,47?/m0/s1. The first-order chi connectivity index (χ1) is 34.3. The Balaban J connectivity index is 0.950. The molecule has 10 N–H and O–H groups in total. The van der Waals surface area contributed by atoms with Crippen molar-refractivity contribution in [3.63, 3.8) is 0 Å². The van der Waals surface area contributed by atoms with E-state index in [1.165, 1.54) is 19.6 Å². The van der Waals surface area contributed by atoms with E-state index >= 15 is 0 Å². The van der Waals surface area contributed by atoms with Crippen molar-refractivity contribution in [2.75, 3.05) is 30.3 Å². The molecule has 0 bridgehead atoms. The number of aromatic nitrogens is 4. The van der Waals surface area contributed by atoms with Crippen LogP contribution in [0.2, 0.25) is 0 Å². The minimum atomic E-state index is -1.68. The molecule has 25 heteroatoms. The predicted octanol–water partition coefficient (Wildman–Crippen LogP) is 0.974. The van der Waals surface area contributed by atoms with Crippen molar-refractivity contribution in [1.82, 2.24) is 45.7 Å². The van der Waals surface area contributed by atoms with E-state index in [0.29, 0.717) is 22.4 Å². The molecule has 0 radical (unpaired) electrons. The Morgan fingerprint density at radius 3 is 2.39 bits per heavy atom. The van der Waals surface area contributed by atoms with Gasteiger partial charge in [-0.25, -0.2) is 19.7 Å². The number of carbonyl (C=O) groups excluding carboxylic acids is 7. The summed E-state index contributed by atoms with van der Waals surface area (Å²) in [6.45, 7) is 7.98. The molecule has 11 atom stereocenters. The van der Waals surface area contributed by atoms with Gasteiger partial charge in [-0.2, -0.15) is 0 Å². The number of alkyl halides is 1. The number of unbranched alkanes of at least 4 members (excludes halogenated alkanes) is 1. The summed E-state index contributed by atoms with van der Waals surface area (Å²) in [5.74, 6) is -3.79. The Labute approximate surface area is 429 Å². The number of rotatable bonds is 22. The quantitative estimate of drug-likeness (QED) is 0.0381. The molecule has 6 rings (SSSR count). The fourth-order valence-electron chi connectivity index (χ4n) is 9.18. The maximum Gasteiger partial charge on any atom is 0.410 e. The summed E-state index contributed by atoms with van der Waals surface area (Å²) >= 11 is 2.35. The molecule has 3 aromatic rings. The molecular formula is C47H66IN11O13. The number of imidazole rings is 1. The zero-order chi connectivity index (χ0) is 52.4. The lowest BCUT2D eigenvalue weighted by Gasteiger charge is -2.43. The Kier molecular flexibility index (Phi) is 19.2. The number of likely N-dealkylation sites (tertiary alicyclic amines) is 2. The van der Waals surface area contributed by atoms with E-state index in [1.54, 1.807) is 38.1 Å². The van der Waals surface area contributed by atoms with Gasteiger partial charge in [0, 0.05) is 35.0 Å². The molecule has 0 spiro atoms. The number of nitrogens with zero attached hydrogens (tertiary/aromatic N) is 5. The van der Waals surface area contributed by atoms with Crippen LogP contribution in [0.25, 0.3) is 11.2 Å². The Bertz CT molecular complexity index is 2410. The number of anilines is 2. The lowest BCUT2D eigenvalue weighted by molar-refractivity contribution is -0.186. The van der Waals surface area contributed by atoms with Crippen LogP contribution < -0.4 is 26.6 Å². The fourth-order valence-corrected chi connectivity index (χ4v) is 10.6. The topological polar surface area (TPSA) is 340 Å². The predicted molar refractivity (Wildman–Crippen MR) is 266 cm³/mol. The number of hydrogen-bond acceptors (Lipinski definition) is 17. The number of aliphatic hydroxyl groups excluding tert-OH is 4. The third-order valence-corrected chi connectivity index (χ3v) is 15.1. The summed E-state index contributed by atoms with van der Waals surface area (Å²) in [4.78, 5) is 110. The minimum absolute atomic E-state index is 0.0274. The third kappa shape index (κ3) is 13.1. The van der Waals surface area contributed by atoms with E-state index in [4.69, 9.17) is 9.47 Å². The first-order valence-electron chi connectivity index (χ1n) is 24.3. The second kappa shape index (κ2) is 24.9. The number of benzene rings is 1. The largest absolute Gasteiger partial charge is 0.445 e. The highest BCUT2D eigenvalue weighted by molar-refractivity contribution is 14.1. The van der Waals surface area contributed by atoms with Gasteiger partial charge in [-0.1, -0.05) is 81.7 Å². The van der Waals surface area contributed by atoms with Crippen LogP contribution in [0.1, 0.15) is 91.5 Å². The normalized spacial score (nSPS) is 24.9. The molecule has 0 aliphatic carbocycles. The number of H-pyrrole nitrogens is 1.